The second-order valence-corrected chi connectivity index (χ2v) is 8.53. The molecule has 0 spiro atoms. The van der Waals surface area contributed by atoms with Crippen LogP contribution in [0.1, 0.15) is 19.8 Å². The number of hydrogen-bond donors (Lipinski definition) is 0. The lowest BCUT2D eigenvalue weighted by molar-refractivity contribution is -0.766. The molecule has 1 unspecified atom stereocenters. The number of anilines is 1. The minimum Gasteiger partial charge on any atom is -0.306 e. The molecular formula is C15H13Br3N2O4. The number of carbonyl (C=O) groups is 1. The molecule has 0 bridgehead atoms. The number of benzene rings is 1. The van der Waals surface area contributed by atoms with Crippen molar-refractivity contribution in [1.29, 1.82) is 0 Å². The molecule has 1 aromatic carbocycles. The first-order chi connectivity index (χ1) is 11.3. The van der Waals surface area contributed by atoms with Gasteiger partial charge in [-0.2, -0.15) is 0 Å². The number of allylic oxidation sites excluding steroid dienone is 1. The van der Waals surface area contributed by atoms with Gasteiger partial charge in [-0.25, -0.2) is 0 Å². The third-order valence-electron chi connectivity index (χ3n) is 3.37. The van der Waals surface area contributed by atoms with Crippen LogP contribution in [-0.4, -0.2) is 17.1 Å². The first-order valence-corrected chi connectivity index (χ1v) is 9.41. The lowest BCUT2D eigenvalue weighted by atomic mass is 10.1. The highest BCUT2D eigenvalue weighted by molar-refractivity contribution is 9.28. The van der Waals surface area contributed by atoms with Gasteiger partial charge in [-0.3, -0.25) is 9.69 Å². The van der Waals surface area contributed by atoms with Crippen LogP contribution in [0.2, 0.25) is 0 Å². The van der Waals surface area contributed by atoms with E-state index in [2.05, 4.69) is 47.8 Å². The molecule has 9 heteroatoms. The van der Waals surface area contributed by atoms with Gasteiger partial charge in [0.15, 0.2) is 0 Å². The number of rotatable bonds is 6. The average molecular weight is 525 g/mol. The summed E-state index contributed by atoms with van der Waals surface area (Å²) in [6, 6.07) is 7.20. The normalized spacial score (nSPS) is 15.3. The van der Waals surface area contributed by atoms with Gasteiger partial charge in [0, 0.05) is 15.7 Å². The Morgan fingerprint density at radius 1 is 1.33 bits per heavy atom. The second-order valence-electron chi connectivity index (χ2n) is 4.97. The summed E-state index contributed by atoms with van der Waals surface area (Å²) in [5.74, 6) is -0.343. The Morgan fingerprint density at radius 2 is 1.96 bits per heavy atom. The quantitative estimate of drug-likeness (QED) is 0.385. The Balaban J connectivity index is 2.43. The van der Waals surface area contributed by atoms with E-state index in [0.717, 1.165) is 4.47 Å². The molecule has 24 heavy (non-hydrogen) atoms. The highest BCUT2D eigenvalue weighted by atomic mass is 79.9. The molecule has 0 saturated heterocycles. The van der Waals surface area contributed by atoms with Crippen molar-refractivity contribution >= 4 is 59.4 Å². The zero-order valence-electron chi connectivity index (χ0n) is 12.5. The van der Waals surface area contributed by atoms with Crippen LogP contribution in [0.3, 0.4) is 0 Å². The van der Waals surface area contributed by atoms with E-state index in [0.29, 0.717) is 27.6 Å². The van der Waals surface area contributed by atoms with Crippen LogP contribution in [-0.2, 0) is 9.63 Å². The predicted octanol–water partition coefficient (Wildman–Crippen LogP) is 5.06. The van der Waals surface area contributed by atoms with Crippen LogP contribution in [0, 0.1) is 10.1 Å². The van der Waals surface area contributed by atoms with Crippen LogP contribution >= 0.6 is 47.8 Å². The van der Waals surface area contributed by atoms with Crippen molar-refractivity contribution in [2.75, 3.05) is 4.90 Å². The molecule has 2 rings (SSSR count). The summed E-state index contributed by atoms with van der Waals surface area (Å²) >= 11 is 10.00. The predicted molar refractivity (Wildman–Crippen MR) is 101 cm³/mol. The fourth-order valence-electron chi connectivity index (χ4n) is 2.36. The van der Waals surface area contributed by atoms with Crippen molar-refractivity contribution < 1.29 is 14.7 Å². The van der Waals surface area contributed by atoms with E-state index in [1.165, 1.54) is 4.90 Å². The number of halogens is 3. The molecule has 1 atom stereocenters. The Morgan fingerprint density at radius 3 is 2.46 bits per heavy atom. The van der Waals surface area contributed by atoms with Crippen LogP contribution in [0.4, 0.5) is 5.69 Å². The molecule has 0 aromatic heterocycles. The van der Waals surface area contributed by atoms with Gasteiger partial charge in [0.2, 0.25) is 0 Å². The molecule has 1 aliphatic rings. The van der Waals surface area contributed by atoms with E-state index < -0.39 is 11.2 Å². The van der Waals surface area contributed by atoms with Gasteiger partial charge in [-0.15, -0.1) is 10.1 Å². The van der Waals surface area contributed by atoms with Crippen molar-refractivity contribution in [3.8, 4) is 0 Å². The van der Waals surface area contributed by atoms with E-state index in [1.807, 2.05) is 19.1 Å². The average Bonchev–Trinajstić information content (AvgIpc) is 2.85. The van der Waals surface area contributed by atoms with E-state index in [9.17, 15) is 14.9 Å². The first-order valence-electron chi connectivity index (χ1n) is 7.03. The summed E-state index contributed by atoms with van der Waals surface area (Å²) < 4.78 is 1.45. The summed E-state index contributed by atoms with van der Waals surface area (Å²) in [6.45, 7) is 1.87. The Kier molecular flexibility index (Phi) is 6.59. The molecule has 0 aliphatic carbocycles. The maximum Gasteiger partial charge on any atom is 0.295 e. The van der Waals surface area contributed by atoms with E-state index in [-0.39, 0.29) is 11.5 Å². The Labute approximate surface area is 164 Å². The zero-order valence-corrected chi connectivity index (χ0v) is 17.3. The summed E-state index contributed by atoms with van der Waals surface area (Å²) in [5, 5.41) is 9.89. The van der Waals surface area contributed by atoms with Crippen molar-refractivity contribution in [2.24, 2.45) is 0 Å². The minimum absolute atomic E-state index is 0.253. The number of carbonyl (C=O) groups excluding carboxylic acids is 1. The summed E-state index contributed by atoms with van der Waals surface area (Å²) in [4.78, 5) is 29.8. The lowest BCUT2D eigenvalue weighted by Gasteiger charge is -2.21. The molecule has 1 aromatic rings. The molecule has 0 radical (unpaired) electrons. The van der Waals surface area contributed by atoms with Crippen molar-refractivity contribution in [2.45, 2.75) is 25.9 Å². The fourth-order valence-corrected chi connectivity index (χ4v) is 3.21. The first kappa shape index (κ1) is 19.1. The van der Waals surface area contributed by atoms with E-state index in [1.54, 1.807) is 18.2 Å². The number of hydrogen-bond acceptors (Lipinski definition) is 4. The second kappa shape index (κ2) is 8.26. The largest absolute Gasteiger partial charge is 0.306 e. The van der Waals surface area contributed by atoms with Gasteiger partial charge in [0.1, 0.15) is 6.10 Å². The summed E-state index contributed by atoms with van der Waals surface area (Å²) in [7, 11) is 0. The highest BCUT2D eigenvalue weighted by Crippen LogP contribution is 2.37. The lowest BCUT2D eigenvalue weighted by Crippen LogP contribution is -2.31. The maximum atomic E-state index is 12.9. The van der Waals surface area contributed by atoms with Gasteiger partial charge in [0.25, 0.3) is 11.0 Å². The van der Waals surface area contributed by atoms with E-state index in [4.69, 9.17) is 4.84 Å². The van der Waals surface area contributed by atoms with Crippen LogP contribution in [0.15, 0.2) is 49.5 Å². The topological polar surface area (TPSA) is 72.7 Å². The van der Waals surface area contributed by atoms with Crippen LogP contribution < -0.4 is 4.90 Å². The van der Waals surface area contributed by atoms with Gasteiger partial charge in [-0.05, 0) is 68.6 Å². The highest BCUT2D eigenvalue weighted by Gasteiger charge is 2.36. The SMILES string of the molecule is CCCC(O[N+](=O)[O-])C1=CC(=C(Br)Br)N(c2ccc(Br)cc2)C1=O. The zero-order chi connectivity index (χ0) is 17.9. The molecule has 0 N–H and O–H groups in total. The Bertz CT molecular complexity index is 712. The molecule has 1 amide bonds. The third-order valence-corrected chi connectivity index (χ3v) is 4.71. The standard InChI is InChI=1S/C15H13Br3N2O4/c1-2-3-13(24-20(22)23)11-8-12(14(17)18)19(15(11)21)10-6-4-9(16)5-7-10/h4-8,13H,2-3H2,1H3. The molecule has 1 heterocycles. The maximum absolute atomic E-state index is 12.9. The van der Waals surface area contributed by atoms with Crippen LogP contribution in [0.5, 0.6) is 0 Å². The molecule has 1 aliphatic heterocycles. The molecule has 6 nitrogen and oxygen atoms in total. The fraction of sp³-hybridized carbons (Fsp3) is 0.267. The number of amides is 1. The summed E-state index contributed by atoms with van der Waals surface area (Å²) in [6.07, 6.45) is 1.73. The molecular weight excluding hydrogens is 512 g/mol. The van der Waals surface area contributed by atoms with Crippen molar-refractivity contribution in [3.05, 3.63) is 59.6 Å². The molecule has 0 fully saturated rings. The van der Waals surface area contributed by atoms with Gasteiger partial charge >= 0.3 is 0 Å². The molecule has 128 valence electrons. The molecule has 0 saturated carbocycles. The van der Waals surface area contributed by atoms with Gasteiger partial charge in [0.05, 0.1) is 9.09 Å². The third kappa shape index (κ3) is 4.25. The Hall–Kier alpha value is -1.19. The van der Waals surface area contributed by atoms with Crippen molar-refractivity contribution in [1.82, 2.24) is 0 Å². The smallest absolute Gasteiger partial charge is 0.295 e. The van der Waals surface area contributed by atoms with Crippen molar-refractivity contribution in [3.63, 3.8) is 0 Å². The van der Waals surface area contributed by atoms with Gasteiger partial charge in [-0.1, -0.05) is 29.3 Å². The monoisotopic (exact) mass is 522 g/mol. The number of nitrogens with zero attached hydrogens (tertiary/aromatic N) is 2. The van der Waals surface area contributed by atoms with E-state index >= 15 is 0 Å². The summed E-state index contributed by atoms with van der Waals surface area (Å²) in [5.41, 5.74) is 1.46. The van der Waals surface area contributed by atoms with Crippen LogP contribution in [0.25, 0.3) is 0 Å². The minimum atomic E-state index is -0.896. The van der Waals surface area contributed by atoms with Gasteiger partial charge < -0.3 is 4.84 Å².